The first-order valence-electron chi connectivity index (χ1n) is 8.40. The normalized spacial score (nSPS) is 30.8. The number of methoxy groups -OCH3 is 1. The molecule has 3 rings (SSSR count). The summed E-state index contributed by atoms with van der Waals surface area (Å²) in [5.74, 6) is 0.223. The Labute approximate surface area is 141 Å². The van der Waals surface area contributed by atoms with E-state index in [1.165, 1.54) is 0 Å². The molecule has 132 valence electrons. The lowest BCUT2D eigenvalue weighted by Crippen LogP contribution is -2.52. The van der Waals surface area contributed by atoms with Crippen LogP contribution < -0.4 is 4.74 Å². The zero-order valence-electron chi connectivity index (χ0n) is 13.8. The molecule has 1 aliphatic heterocycles. The molecule has 0 spiro atoms. The van der Waals surface area contributed by atoms with Crippen molar-refractivity contribution >= 4 is 5.91 Å². The van der Waals surface area contributed by atoms with Gasteiger partial charge in [0.2, 0.25) is 5.91 Å². The summed E-state index contributed by atoms with van der Waals surface area (Å²) in [6.07, 6.45) is 0.938. The van der Waals surface area contributed by atoms with Crippen LogP contribution in [0.15, 0.2) is 24.3 Å². The van der Waals surface area contributed by atoms with Crippen LogP contribution in [0.1, 0.15) is 37.4 Å². The van der Waals surface area contributed by atoms with Crippen LogP contribution >= 0.6 is 0 Å². The van der Waals surface area contributed by atoms with E-state index in [-0.39, 0.29) is 30.7 Å². The van der Waals surface area contributed by atoms with Crippen LogP contribution in [0, 0.1) is 5.92 Å². The monoisotopic (exact) mass is 337 g/mol. The number of aliphatic hydroxyl groups is 2. The summed E-state index contributed by atoms with van der Waals surface area (Å²) in [5.41, 5.74) is -0.867. The van der Waals surface area contributed by atoms with Crippen molar-refractivity contribution in [2.75, 3.05) is 20.3 Å². The molecule has 0 radical (unpaired) electrons. The van der Waals surface area contributed by atoms with E-state index in [0.717, 1.165) is 18.4 Å². The number of hydrogen-bond acceptors (Lipinski definition) is 4. The minimum absolute atomic E-state index is 0.0736. The smallest absolute Gasteiger partial charge is 0.226 e. The van der Waals surface area contributed by atoms with Gasteiger partial charge in [-0.25, -0.2) is 4.39 Å². The molecule has 1 saturated carbocycles. The van der Waals surface area contributed by atoms with Gasteiger partial charge >= 0.3 is 0 Å². The lowest BCUT2D eigenvalue weighted by molar-refractivity contribution is -0.150. The largest absolute Gasteiger partial charge is 0.497 e. The molecule has 1 saturated heterocycles. The van der Waals surface area contributed by atoms with Crippen molar-refractivity contribution in [3.8, 4) is 5.75 Å². The molecule has 0 aromatic heterocycles. The minimum atomic E-state index is -1.61. The van der Waals surface area contributed by atoms with E-state index in [9.17, 15) is 14.3 Å². The van der Waals surface area contributed by atoms with Crippen LogP contribution in [0.2, 0.25) is 0 Å². The van der Waals surface area contributed by atoms with Crippen LogP contribution in [-0.2, 0) is 4.79 Å². The van der Waals surface area contributed by atoms with Gasteiger partial charge < -0.3 is 19.8 Å². The van der Waals surface area contributed by atoms with Crippen LogP contribution in [0.25, 0.3) is 0 Å². The summed E-state index contributed by atoms with van der Waals surface area (Å²) in [6.45, 7) is 0.0559. The number of carbonyl (C=O) groups is 1. The van der Waals surface area contributed by atoms with Gasteiger partial charge in [-0.15, -0.1) is 0 Å². The maximum absolute atomic E-state index is 13.8. The highest BCUT2D eigenvalue weighted by molar-refractivity contribution is 5.81. The van der Waals surface area contributed by atoms with Gasteiger partial charge in [0.15, 0.2) is 0 Å². The molecule has 1 aliphatic carbocycles. The van der Waals surface area contributed by atoms with Gasteiger partial charge in [-0.3, -0.25) is 4.79 Å². The van der Waals surface area contributed by atoms with Crippen LogP contribution in [-0.4, -0.2) is 53.0 Å². The molecule has 1 amide bonds. The zero-order chi connectivity index (χ0) is 17.3. The van der Waals surface area contributed by atoms with E-state index in [1.807, 2.05) is 0 Å². The summed E-state index contributed by atoms with van der Waals surface area (Å²) in [4.78, 5) is 14.3. The Morgan fingerprint density at radius 1 is 1.42 bits per heavy atom. The third-order valence-corrected chi connectivity index (χ3v) is 5.26. The Morgan fingerprint density at radius 2 is 2.08 bits per heavy atom. The molecule has 5 nitrogen and oxygen atoms in total. The second-order valence-electron chi connectivity index (χ2n) is 6.87. The molecular formula is C18H24FNO4. The van der Waals surface area contributed by atoms with Crippen molar-refractivity contribution in [3.63, 3.8) is 0 Å². The van der Waals surface area contributed by atoms with Gasteiger partial charge in [-0.1, -0.05) is 12.1 Å². The van der Waals surface area contributed by atoms with E-state index in [0.29, 0.717) is 12.3 Å². The number of benzene rings is 1. The molecule has 1 aromatic rings. The van der Waals surface area contributed by atoms with Crippen molar-refractivity contribution in [3.05, 3.63) is 29.8 Å². The van der Waals surface area contributed by atoms with Crippen molar-refractivity contribution in [2.45, 2.75) is 43.5 Å². The molecule has 6 heteroatoms. The fourth-order valence-corrected chi connectivity index (χ4v) is 3.78. The van der Waals surface area contributed by atoms with Gasteiger partial charge in [0, 0.05) is 12.5 Å². The average molecular weight is 337 g/mol. The van der Waals surface area contributed by atoms with Crippen molar-refractivity contribution in [1.82, 2.24) is 4.90 Å². The highest BCUT2D eigenvalue weighted by Crippen LogP contribution is 2.43. The maximum atomic E-state index is 13.8. The number of alkyl halides is 1. The zero-order valence-corrected chi connectivity index (χ0v) is 13.8. The Balaban J connectivity index is 1.67. The number of ether oxygens (including phenoxy) is 1. The summed E-state index contributed by atoms with van der Waals surface area (Å²) in [7, 11) is 1.58. The SMILES string of the molecule is COc1ccc(C(O)C2CCCN2C(=O)C2CC(F)(CO)C2)cc1. The molecule has 1 heterocycles. The summed E-state index contributed by atoms with van der Waals surface area (Å²) >= 11 is 0. The first-order chi connectivity index (χ1) is 11.5. The Morgan fingerprint density at radius 3 is 2.67 bits per heavy atom. The van der Waals surface area contributed by atoms with Gasteiger partial charge in [-0.2, -0.15) is 0 Å². The third-order valence-electron chi connectivity index (χ3n) is 5.26. The number of carbonyl (C=O) groups excluding carboxylic acids is 1. The number of rotatable bonds is 5. The van der Waals surface area contributed by atoms with E-state index >= 15 is 0 Å². The molecule has 2 aliphatic rings. The molecular weight excluding hydrogens is 313 g/mol. The van der Waals surface area contributed by atoms with Crippen LogP contribution in [0.3, 0.4) is 0 Å². The summed E-state index contributed by atoms with van der Waals surface area (Å²) < 4.78 is 19.0. The van der Waals surface area contributed by atoms with E-state index in [1.54, 1.807) is 36.3 Å². The first-order valence-corrected chi connectivity index (χ1v) is 8.40. The molecule has 1 aromatic carbocycles. The lowest BCUT2D eigenvalue weighted by atomic mass is 9.72. The molecule has 0 bridgehead atoms. The molecule has 2 unspecified atom stereocenters. The fourth-order valence-electron chi connectivity index (χ4n) is 3.78. The number of hydrogen-bond donors (Lipinski definition) is 2. The lowest BCUT2D eigenvalue weighted by Gasteiger charge is -2.42. The maximum Gasteiger partial charge on any atom is 0.226 e. The van der Waals surface area contributed by atoms with Gasteiger partial charge in [0.25, 0.3) is 0 Å². The van der Waals surface area contributed by atoms with Gasteiger partial charge in [0.05, 0.1) is 25.9 Å². The summed E-state index contributed by atoms with van der Waals surface area (Å²) in [5, 5.41) is 19.7. The third kappa shape index (κ3) is 3.13. The highest BCUT2D eigenvalue weighted by Gasteiger charge is 2.50. The van der Waals surface area contributed by atoms with Crippen LogP contribution in [0.5, 0.6) is 5.75 Å². The minimum Gasteiger partial charge on any atom is -0.497 e. The molecule has 2 fully saturated rings. The Kier molecular flexibility index (Phi) is 4.78. The quantitative estimate of drug-likeness (QED) is 0.860. The first kappa shape index (κ1) is 17.2. The number of halogens is 1. The van der Waals surface area contributed by atoms with E-state index in [2.05, 4.69) is 0 Å². The number of aliphatic hydroxyl groups excluding tert-OH is 2. The van der Waals surface area contributed by atoms with E-state index in [4.69, 9.17) is 9.84 Å². The van der Waals surface area contributed by atoms with Crippen molar-refractivity contribution < 1.29 is 24.1 Å². The Bertz CT molecular complexity index is 585. The van der Waals surface area contributed by atoms with E-state index < -0.39 is 18.4 Å². The van der Waals surface area contributed by atoms with Gasteiger partial charge in [-0.05, 0) is 43.4 Å². The second-order valence-corrected chi connectivity index (χ2v) is 6.87. The van der Waals surface area contributed by atoms with Crippen LogP contribution in [0.4, 0.5) is 4.39 Å². The van der Waals surface area contributed by atoms with Crippen molar-refractivity contribution in [1.29, 1.82) is 0 Å². The van der Waals surface area contributed by atoms with Gasteiger partial charge in [0.1, 0.15) is 11.4 Å². The standard InChI is InChI=1S/C18H24FNO4/c1-24-14-6-4-12(5-7-14)16(22)15-3-2-8-20(15)17(23)13-9-18(19,10-13)11-21/h4-7,13,15-16,21-22H,2-3,8-11H2,1H3. The predicted molar refractivity (Wildman–Crippen MR) is 86.3 cm³/mol. The predicted octanol–water partition coefficient (Wildman–Crippen LogP) is 1.83. The Hall–Kier alpha value is -1.66. The summed E-state index contributed by atoms with van der Waals surface area (Å²) in [6, 6.07) is 6.88. The number of likely N-dealkylation sites (tertiary alicyclic amines) is 1. The molecule has 2 atom stereocenters. The fraction of sp³-hybridized carbons (Fsp3) is 0.611. The topological polar surface area (TPSA) is 70.0 Å². The average Bonchev–Trinajstić information content (AvgIpc) is 3.07. The number of nitrogens with zero attached hydrogens (tertiary/aromatic N) is 1. The number of amides is 1. The van der Waals surface area contributed by atoms with Crippen molar-refractivity contribution in [2.24, 2.45) is 5.92 Å². The molecule has 24 heavy (non-hydrogen) atoms. The molecule has 2 N–H and O–H groups in total. The highest BCUT2D eigenvalue weighted by atomic mass is 19.1. The second kappa shape index (κ2) is 6.69.